The third kappa shape index (κ3) is 4.90. The summed E-state index contributed by atoms with van der Waals surface area (Å²) in [7, 11) is 0. The van der Waals surface area contributed by atoms with Crippen molar-refractivity contribution in [3.05, 3.63) is 83.9 Å². The first-order chi connectivity index (χ1) is 14.2. The Balaban J connectivity index is 1.33. The van der Waals surface area contributed by atoms with Gasteiger partial charge in [-0.3, -0.25) is 9.59 Å². The quantitative estimate of drug-likeness (QED) is 0.681. The van der Waals surface area contributed by atoms with Gasteiger partial charge in [-0.15, -0.1) is 0 Å². The molecule has 4 rings (SSSR count). The monoisotopic (exact) mass is 388 g/mol. The van der Waals surface area contributed by atoms with Crippen LogP contribution in [0.3, 0.4) is 0 Å². The molecule has 3 aromatic rings. The Morgan fingerprint density at radius 1 is 1.10 bits per heavy atom. The van der Waals surface area contributed by atoms with Gasteiger partial charge in [0.1, 0.15) is 0 Å². The second-order valence-corrected chi connectivity index (χ2v) is 7.36. The lowest BCUT2D eigenvalue weighted by atomic mass is 9.88. The maximum Gasteiger partial charge on any atom is 0.251 e. The van der Waals surface area contributed by atoms with E-state index in [1.807, 2.05) is 16.8 Å². The predicted octanol–water partition coefficient (Wildman–Crippen LogP) is 3.20. The summed E-state index contributed by atoms with van der Waals surface area (Å²) in [5.74, 6) is -0.205. The van der Waals surface area contributed by atoms with Crippen LogP contribution < -0.4 is 10.6 Å². The van der Waals surface area contributed by atoms with Crippen LogP contribution in [0.4, 0.5) is 5.69 Å². The molecule has 2 amide bonds. The lowest BCUT2D eigenvalue weighted by molar-refractivity contribution is -0.116. The fourth-order valence-corrected chi connectivity index (χ4v) is 3.70. The molecule has 29 heavy (non-hydrogen) atoms. The number of fused-ring (bicyclic) bond motifs is 1. The Morgan fingerprint density at radius 2 is 1.97 bits per heavy atom. The molecule has 6 heteroatoms. The average Bonchev–Trinajstić information content (AvgIpc) is 3.26. The molecule has 0 saturated heterocycles. The third-order valence-electron chi connectivity index (χ3n) is 5.25. The van der Waals surface area contributed by atoms with Crippen molar-refractivity contribution in [3.8, 4) is 0 Å². The summed E-state index contributed by atoms with van der Waals surface area (Å²) in [6, 6.07) is 15.6. The van der Waals surface area contributed by atoms with Gasteiger partial charge in [-0.25, -0.2) is 4.98 Å². The van der Waals surface area contributed by atoms with Crippen molar-refractivity contribution >= 4 is 17.5 Å². The molecule has 0 saturated carbocycles. The van der Waals surface area contributed by atoms with Crippen molar-refractivity contribution in [2.45, 2.75) is 38.3 Å². The lowest BCUT2D eigenvalue weighted by Gasteiger charge is -2.25. The smallest absolute Gasteiger partial charge is 0.251 e. The Morgan fingerprint density at radius 3 is 2.79 bits per heavy atom. The van der Waals surface area contributed by atoms with Crippen molar-refractivity contribution in [2.75, 3.05) is 5.32 Å². The number of hydrogen-bond donors (Lipinski definition) is 2. The Kier molecular flexibility index (Phi) is 5.70. The zero-order chi connectivity index (χ0) is 20.1. The fourth-order valence-electron chi connectivity index (χ4n) is 3.70. The second kappa shape index (κ2) is 8.73. The number of carbonyl (C=O) groups is 2. The zero-order valence-electron chi connectivity index (χ0n) is 16.2. The average molecular weight is 388 g/mol. The maximum absolute atomic E-state index is 12.7. The van der Waals surface area contributed by atoms with Gasteiger partial charge in [-0.05, 0) is 48.6 Å². The molecule has 1 heterocycles. The predicted molar refractivity (Wildman–Crippen MR) is 112 cm³/mol. The first-order valence-electron chi connectivity index (χ1n) is 9.91. The zero-order valence-corrected chi connectivity index (χ0v) is 16.2. The standard InChI is InChI=1S/C23H24N4O2/c28-22(10-12-27-13-11-24-16-27)25-20-7-3-6-19(15-20)23(29)26-21-9-8-17-4-1-2-5-18(17)14-21/h1-7,11,13,15-16,21H,8-10,12,14H2,(H,25,28)(H,26,29). The normalized spacial score (nSPS) is 15.4. The van der Waals surface area contributed by atoms with Crippen LogP contribution in [0.15, 0.2) is 67.3 Å². The van der Waals surface area contributed by atoms with Gasteiger partial charge >= 0.3 is 0 Å². The van der Waals surface area contributed by atoms with Crippen LogP contribution in [0.2, 0.25) is 0 Å². The number of anilines is 1. The van der Waals surface area contributed by atoms with E-state index in [0.29, 0.717) is 24.2 Å². The molecule has 1 unspecified atom stereocenters. The number of carbonyl (C=O) groups excluding carboxylic acids is 2. The van der Waals surface area contributed by atoms with Gasteiger partial charge in [-0.2, -0.15) is 0 Å². The number of rotatable bonds is 6. The molecule has 1 atom stereocenters. The van der Waals surface area contributed by atoms with Crippen molar-refractivity contribution in [3.63, 3.8) is 0 Å². The van der Waals surface area contributed by atoms with E-state index in [2.05, 4.69) is 33.8 Å². The first kappa shape index (κ1) is 18.9. The topological polar surface area (TPSA) is 76.0 Å². The summed E-state index contributed by atoms with van der Waals surface area (Å²) in [6.07, 6.45) is 8.30. The van der Waals surface area contributed by atoms with Gasteiger partial charge in [0.25, 0.3) is 5.91 Å². The number of benzene rings is 2. The minimum Gasteiger partial charge on any atom is -0.349 e. The molecule has 0 aliphatic heterocycles. The number of aryl methyl sites for hydroxylation is 2. The Labute approximate surface area is 170 Å². The molecule has 2 N–H and O–H groups in total. The lowest BCUT2D eigenvalue weighted by Crippen LogP contribution is -2.38. The number of imidazole rings is 1. The summed E-state index contributed by atoms with van der Waals surface area (Å²) in [5.41, 5.74) is 3.86. The maximum atomic E-state index is 12.7. The van der Waals surface area contributed by atoms with Crippen LogP contribution in [0, 0.1) is 0 Å². The van der Waals surface area contributed by atoms with E-state index in [1.54, 1.807) is 36.8 Å². The molecule has 1 aromatic heterocycles. The molecular weight excluding hydrogens is 364 g/mol. The summed E-state index contributed by atoms with van der Waals surface area (Å²) >= 11 is 0. The van der Waals surface area contributed by atoms with Crippen LogP contribution in [-0.4, -0.2) is 27.4 Å². The number of nitrogens with one attached hydrogen (secondary N) is 2. The van der Waals surface area contributed by atoms with Gasteiger partial charge in [0, 0.05) is 42.7 Å². The highest BCUT2D eigenvalue weighted by Crippen LogP contribution is 2.21. The highest BCUT2D eigenvalue weighted by molar-refractivity contribution is 5.97. The van der Waals surface area contributed by atoms with E-state index in [9.17, 15) is 9.59 Å². The molecule has 0 spiro atoms. The molecule has 148 valence electrons. The second-order valence-electron chi connectivity index (χ2n) is 7.36. The molecule has 6 nitrogen and oxygen atoms in total. The minimum atomic E-state index is -0.108. The van der Waals surface area contributed by atoms with Gasteiger partial charge in [0.2, 0.25) is 5.91 Å². The van der Waals surface area contributed by atoms with Crippen LogP contribution in [0.1, 0.15) is 34.3 Å². The SMILES string of the molecule is O=C(CCn1ccnc1)Nc1cccc(C(=O)NC2CCc3ccccc3C2)c1. The number of aromatic nitrogens is 2. The molecule has 0 bridgehead atoms. The van der Waals surface area contributed by atoms with E-state index in [-0.39, 0.29) is 17.9 Å². The Hall–Kier alpha value is -3.41. The minimum absolute atomic E-state index is 0.0971. The van der Waals surface area contributed by atoms with E-state index >= 15 is 0 Å². The molecular formula is C23H24N4O2. The van der Waals surface area contributed by atoms with Gasteiger partial charge in [0.15, 0.2) is 0 Å². The van der Waals surface area contributed by atoms with Crippen LogP contribution in [-0.2, 0) is 24.2 Å². The van der Waals surface area contributed by atoms with Crippen LogP contribution >= 0.6 is 0 Å². The van der Waals surface area contributed by atoms with Crippen molar-refractivity contribution in [2.24, 2.45) is 0 Å². The summed E-state index contributed by atoms with van der Waals surface area (Å²) < 4.78 is 1.85. The molecule has 0 radical (unpaired) electrons. The number of nitrogens with zero attached hydrogens (tertiary/aromatic N) is 2. The number of amides is 2. The van der Waals surface area contributed by atoms with E-state index in [4.69, 9.17) is 0 Å². The largest absolute Gasteiger partial charge is 0.349 e. The van der Waals surface area contributed by atoms with Crippen molar-refractivity contribution in [1.82, 2.24) is 14.9 Å². The van der Waals surface area contributed by atoms with E-state index in [1.165, 1.54) is 11.1 Å². The highest BCUT2D eigenvalue weighted by atomic mass is 16.2. The van der Waals surface area contributed by atoms with Gasteiger partial charge < -0.3 is 15.2 Å². The summed E-state index contributed by atoms with van der Waals surface area (Å²) in [4.78, 5) is 28.8. The third-order valence-corrected chi connectivity index (χ3v) is 5.25. The number of hydrogen-bond acceptors (Lipinski definition) is 3. The van der Waals surface area contributed by atoms with E-state index in [0.717, 1.165) is 19.3 Å². The molecule has 1 aliphatic carbocycles. The van der Waals surface area contributed by atoms with Crippen LogP contribution in [0.25, 0.3) is 0 Å². The summed E-state index contributed by atoms with van der Waals surface area (Å²) in [6.45, 7) is 0.565. The first-order valence-corrected chi connectivity index (χ1v) is 9.91. The molecule has 0 fully saturated rings. The van der Waals surface area contributed by atoms with Gasteiger partial charge in [-0.1, -0.05) is 30.3 Å². The highest BCUT2D eigenvalue weighted by Gasteiger charge is 2.20. The van der Waals surface area contributed by atoms with Crippen LogP contribution in [0.5, 0.6) is 0 Å². The fraction of sp³-hybridized carbons (Fsp3) is 0.261. The van der Waals surface area contributed by atoms with Crippen molar-refractivity contribution in [1.29, 1.82) is 0 Å². The molecule has 1 aliphatic rings. The molecule has 2 aromatic carbocycles. The van der Waals surface area contributed by atoms with E-state index < -0.39 is 0 Å². The van der Waals surface area contributed by atoms with Crippen molar-refractivity contribution < 1.29 is 9.59 Å². The van der Waals surface area contributed by atoms with Gasteiger partial charge in [0.05, 0.1) is 6.33 Å². The Bertz CT molecular complexity index is 998. The summed E-state index contributed by atoms with van der Waals surface area (Å²) in [5, 5.41) is 6.00.